The van der Waals surface area contributed by atoms with E-state index >= 15 is 0 Å². The van der Waals surface area contributed by atoms with Crippen LogP contribution in [-0.4, -0.2) is 82.6 Å². The fourth-order valence-corrected chi connectivity index (χ4v) is 4.75. The van der Waals surface area contributed by atoms with Crippen LogP contribution in [-0.2, 0) is 26.1 Å². The lowest BCUT2D eigenvalue weighted by atomic mass is 10.2. The van der Waals surface area contributed by atoms with Gasteiger partial charge in [0.25, 0.3) is 0 Å². The first kappa shape index (κ1) is 19.2. The van der Waals surface area contributed by atoms with Gasteiger partial charge in [0.1, 0.15) is 6.04 Å². The number of benzene rings is 1. The van der Waals surface area contributed by atoms with Gasteiger partial charge in [-0.05, 0) is 18.7 Å². The quantitative estimate of drug-likeness (QED) is 0.695. The lowest BCUT2D eigenvalue weighted by Gasteiger charge is -2.32. The molecule has 1 unspecified atom stereocenters. The van der Waals surface area contributed by atoms with Gasteiger partial charge in [0.05, 0.1) is 18.1 Å². The second kappa shape index (κ2) is 8.45. The molecule has 2 saturated heterocycles. The zero-order valence-corrected chi connectivity index (χ0v) is 15.8. The largest absolute Gasteiger partial charge is 0.378 e. The molecule has 0 saturated carbocycles. The summed E-state index contributed by atoms with van der Waals surface area (Å²) in [4.78, 5) is 14.6. The number of carbonyl (C=O) groups excluding carboxylic acids is 1. The van der Waals surface area contributed by atoms with Gasteiger partial charge in [-0.25, -0.2) is 8.42 Å². The van der Waals surface area contributed by atoms with Crippen molar-refractivity contribution < 1.29 is 17.9 Å². The van der Waals surface area contributed by atoms with E-state index in [9.17, 15) is 13.2 Å². The van der Waals surface area contributed by atoms with E-state index in [4.69, 9.17) is 4.74 Å². The average Bonchev–Trinajstić information content (AvgIpc) is 2.67. The van der Waals surface area contributed by atoms with Crippen molar-refractivity contribution in [2.45, 2.75) is 17.5 Å². The van der Waals surface area contributed by atoms with Crippen LogP contribution in [0.5, 0.6) is 0 Å². The minimum absolute atomic E-state index is 0.167. The van der Waals surface area contributed by atoms with E-state index in [1.165, 1.54) is 4.31 Å². The molecule has 0 spiro atoms. The zero-order chi connectivity index (χ0) is 18.6. The fourth-order valence-electron chi connectivity index (χ4n) is 3.11. The Kier molecular flexibility index (Phi) is 6.25. The van der Waals surface area contributed by atoms with Crippen LogP contribution in [0.3, 0.4) is 0 Å². The Bertz CT molecular complexity index is 726. The summed E-state index contributed by atoms with van der Waals surface area (Å²) in [6, 6.07) is 6.45. The fraction of sp³-hybridized carbons (Fsp3) is 0.588. The third kappa shape index (κ3) is 4.41. The first-order valence-corrected chi connectivity index (χ1v) is 10.3. The smallest absolute Gasteiger partial charge is 0.243 e. The Labute approximate surface area is 154 Å². The Hall–Kier alpha value is -1.52. The highest BCUT2D eigenvalue weighted by molar-refractivity contribution is 7.89. The van der Waals surface area contributed by atoms with Gasteiger partial charge in [-0.2, -0.15) is 4.31 Å². The lowest BCUT2D eigenvalue weighted by molar-refractivity contribution is -0.126. The van der Waals surface area contributed by atoms with Gasteiger partial charge in [0, 0.05) is 39.3 Å². The Morgan fingerprint density at radius 1 is 1.27 bits per heavy atom. The van der Waals surface area contributed by atoms with Gasteiger partial charge in [0.15, 0.2) is 0 Å². The monoisotopic (exact) mass is 382 g/mol. The normalized spacial score (nSPS) is 22.9. The first-order valence-electron chi connectivity index (χ1n) is 8.84. The van der Waals surface area contributed by atoms with Gasteiger partial charge in [-0.1, -0.05) is 18.2 Å². The summed E-state index contributed by atoms with van der Waals surface area (Å²) in [7, 11) is -1.59. The van der Waals surface area contributed by atoms with Crippen LogP contribution in [0.15, 0.2) is 29.2 Å². The minimum atomic E-state index is -3.57. The summed E-state index contributed by atoms with van der Waals surface area (Å²) in [5.41, 5.74) is 0.594. The van der Waals surface area contributed by atoms with Gasteiger partial charge >= 0.3 is 0 Å². The number of morpholine rings is 1. The molecule has 9 heteroatoms. The highest BCUT2D eigenvalue weighted by Crippen LogP contribution is 2.21. The maximum absolute atomic E-state index is 13.0. The highest BCUT2D eigenvalue weighted by atomic mass is 32.2. The summed E-state index contributed by atoms with van der Waals surface area (Å²) in [6.07, 6.45) is 0. The van der Waals surface area contributed by atoms with Crippen molar-refractivity contribution in [3.8, 4) is 0 Å². The van der Waals surface area contributed by atoms with Crippen LogP contribution in [0.1, 0.15) is 5.56 Å². The number of carbonyl (C=O) groups is 1. The molecule has 0 radical (unpaired) electrons. The molecule has 144 valence electrons. The third-order valence-corrected chi connectivity index (χ3v) is 6.74. The van der Waals surface area contributed by atoms with Crippen LogP contribution >= 0.6 is 0 Å². The number of amides is 1. The molecule has 2 heterocycles. The number of hydrogen-bond acceptors (Lipinski definition) is 6. The highest BCUT2D eigenvalue weighted by Gasteiger charge is 2.29. The minimum Gasteiger partial charge on any atom is -0.378 e. The molecular formula is C17H26N4O4S. The van der Waals surface area contributed by atoms with E-state index in [1.807, 2.05) is 7.05 Å². The van der Waals surface area contributed by atoms with E-state index in [0.29, 0.717) is 51.5 Å². The SMILES string of the molecule is CN1CCN(S(=O)(=O)c2ccccc2CNC(=O)C2COCCN2)CC1. The number of nitrogens with one attached hydrogen (secondary N) is 2. The van der Waals surface area contributed by atoms with Crippen LogP contribution in [0.25, 0.3) is 0 Å². The average molecular weight is 382 g/mol. The summed E-state index contributed by atoms with van der Waals surface area (Å²) in [5, 5.41) is 5.91. The van der Waals surface area contributed by atoms with Crippen molar-refractivity contribution in [3.05, 3.63) is 29.8 Å². The van der Waals surface area contributed by atoms with Crippen LogP contribution in [0, 0.1) is 0 Å². The van der Waals surface area contributed by atoms with Crippen LogP contribution in [0.4, 0.5) is 0 Å². The molecule has 2 aliphatic rings. The van der Waals surface area contributed by atoms with Crippen LogP contribution < -0.4 is 10.6 Å². The zero-order valence-electron chi connectivity index (χ0n) is 15.0. The standard InChI is InChI=1S/C17H26N4O4S/c1-20-7-9-21(10-8-20)26(23,24)16-5-3-2-4-14(16)12-19-17(22)15-13-25-11-6-18-15/h2-5,15,18H,6-13H2,1H3,(H,19,22). The summed E-state index contributed by atoms with van der Waals surface area (Å²) in [5.74, 6) is -0.184. The molecule has 0 aromatic heterocycles. The van der Waals surface area contributed by atoms with Crippen molar-refractivity contribution in [3.63, 3.8) is 0 Å². The molecule has 0 aliphatic carbocycles. The predicted octanol–water partition coefficient (Wildman–Crippen LogP) is -0.773. The van der Waals surface area contributed by atoms with Crippen molar-refractivity contribution in [1.82, 2.24) is 19.8 Å². The summed E-state index contributed by atoms with van der Waals surface area (Å²) >= 11 is 0. The molecule has 1 atom stereocenters. The van der Waals surface area contributed by atoms with Crippen molar-refractivity contribution >= 4 is 15.9 Å². The topological polar surface area (TPSA) is 91.0 Å². The Morgan fingerprint density at radius 2 is 2.00 bits per heavy atom. The lowest BCUT2D eigenvalue weighted by Crippen LogP contribution is -2.51. The summed E-state index contributed by atoms with van der Waals surface area (Å²) in [6.45, 7) is 4.10. The Balaban J connectivity index is 1.70. The molecule has 1 aromatic carbocycles. The van der Waals surface area contributed by atoms with E-state index in [1.54, 1.807) is 24.3 Å². The van der Waals surface area contributed by atoms with Crippen molar-refractivity contribution in [2.24, 2.45) is 0 Å². The second-order valence-electron chi connectivity index (χ2n) is 6.61. The van der Waals surface area contributed by atoms with E-state index in [-0.39, 0.29) is 17.3 Å². The summed E-state index contributed by atoms with van der Waals surface area (Å²) < 4.78 is 32.9. The molecule has 2 N–H and O–H groups in total. The Morgan fingerprint density at radius 3 is 2.69 bits per heavy atom. The first-order chi connectivity index (χ1) is 12.5. The number of likely N-dealkylation sites (N-methyl/N-ethyl adjacent to an activating group) is 1. The number of sulfonamides is 1. The van der Waals surface area contributed by atoms with E-state index in [2.05, 4.69) is 15.5 Å². The maximum Gasteiger partial charge on any atom is 0.243 e. The number of ether oxygens (including phenoxy) is 1. The number of piperazine rings is 1. The predicted molar refractivity (Wildman–Crippen MR) is 97.2 cm³/mol. The van der Waals surface area contributed by atoms with E-state index < -0.39 is 16.1 Å². The van der Waals surface area contributed by atoms with Gasteiger partial charge in [-0.15, -0.1) is 0 Å². The molecule has 1 amide bonds. The molecule has 2 aliphatic heterocycles. The second-order valence-corrected chi connectivity index (χ2v) is 8.52. The third-order valence-electron chi connectivity index (χ3n) is 4.74. The van der Waals surface area contributed by atoms with Gasteiger partial charge in [-0.3, -0.25) is 4.79 Å². The molecular weight excluding hydrogens is 356 g/mol. The number of rotatable bonds is 5. The van der Waals surface area contributed by atoms with Crippen LogP contribution in [0.2, 0.25) is 0 Å². The van der Waals surface area contributed by atoms with E-state index in [0.717, 1.165) is 0 Å². The molecule has 0 bridgehead atoms. The number of hydrogen-bond donors (Lipinski definition) is 2. The maximum atomic E-state index is 13.0. The molecule has 8 nitrogen and oxygen atoms in total. The van der Waals surface area contributed by atoms with Crippen molar-refractivity contribution in [1.29, 1.82) is 0 Å². The number of nitrogens with zero attached hydrogens (tertiary/aromatic N) is 2. The molecule has 3 rings (SSSR count). The molecule has 26 heavy (non-hydrogen) atoms. The molecule has 2 fully saturated rings. The molecule has 1 aromatic rings. The van der Waals surface area contributed by atoms with Gasteiger partial charge < -0.3 is 20.3 Å². The van der Waals surface area contributed by atoms with Crippen molar-refractivity contribution in [2.75, 3.05) is 53.0 Å². The van der Waals surface area contributed by atoms with Gasteiger partial charge in [0.2, 0.25) is 15.9 Å².